The molecule has 14 heavy (non-hydrogen) atoms. The summed E-state index contributed by atoms with van der Waals surface area (Å²) in [4.78, 5) is 0. The number of halogens is 3. The minimum Gasteiger partial charge on any atom is -0.484 e. The molecule has 0 unspecified atom stereocenters. The molecule has 0 heterocycles. The summed E-state index contributed by atoms with van der Waals surface area (Å²) in [5, 5.41) is 0. The third-order valence-electron chi connectivity index (χ3n) is 1.57. The Morgan fingerprint density at radius 2 is 2.14 bits per heavy atom. The molecule has 0 fully saturated rings. The summed E-state index contributed by atoms with van der Waals surface area (Å²) < 4.78 is 41.3. The Bertz CT molecular complexity index is 323. The van der Waals surface area contributed by atoms with Crippen molar-refractivity contribution in [2.75, 3.05) is 6.61 Å². The van der Waals surface area contributed by atoms with Gasteiger partial charge in [-0.3, -0.25) is 0 Å². The summed E-state index contributed by atoms with van der Waals surface area (Å²) in [7, 11) is 0. The third-order valence-corrected chi connectivity index (χ3v) is 1.57. The molecule has 76 valence electrons. The monoisotopic (exact) mass is 202 g/mol. The van der Waals surface area contributed by atoms with E-state index in [0.29, 0.717) is 5.56 Å². The molecule has 1 nitrogen and oxygen atoms in total. The van der Waals surface area contributed by atoms with E-state index in [1.807, 2.05) is 0 Å². The van der Waals surface area contributed by atoms with E-state index in [2.05, 4.69) is 11.3 Å². The smallest absolute Gasteiger partial charge is 0.272 e. The second kappa shape index (κ2) is 4.69. The lowest BCUT2D eigenvalue weighted by molar-refractivity contribution is 0.0798. The standard InChI is InChI=1S/C10H9F3O/c1-2-7-4-3-5-8(11)10(7)14-6-9(12)13/h2-5,9H,1,6H2. The molecular weight excluding hydrogens is 193 g/mol. The third kappa shape index (κ3) is 2.52. The van der Waals surface area contributed by atoms with Gasteiger partial charge in [0.15, 0.2) is 11.6 Å². The van der Waals surface area contributed by atoms with Gasteiger partial charge in [-0.15, -0.1) is 0 Å². The molecule has 0 saturated heterocycles. The van der Waals surface area contributed by atoms with Crippen LogP contribution in [0.5, 0.6) is 5.75 Å². The maximum Gasteiger partial charge on any atom is 0.272 e. The van der Waals surface area contributed by atoms with Gasteiger partial charge in [-0.2, -0.15) is 0 Å². The van der Waals surface area contributed by atoms with Gasteiger partial charge in [0.1, 0.15) is 6.61 Å². The van der Waals surface area contributed by atoms with E-state index in [1.54, 1.807) is 0 Å². The highest BCUT2D eigenvalue weighted by Crippen LogP contribution is 2.23. The van der Waals surface area contributed by atoms with E-state index in [4.69, 9.17) is 0 Å². The highest BCUT2D eigenvalue weighted by molar-refractivity contribution is 5.55. The van der Waals surface area contributed by atoms with Crippen LogP contribution in [-0.4, -0.2) is 13.0 Å². The van der Waals surface area contributed by atoms with Crippen LogP contribution < -0.4 is 4.74 Å². The molecule has 0 aliphatic carbocycles. The highest BCUT2D eigenvalue weighted by Gasteiger charge is 2.10. The first-order chi connectivity index (χ1) is 6.65. The molecule has 1 aromatic carbocycles. The Hall–Kier alpha value is -1.45. The lowest BCUT2D eigenvalue weighted by Gasteiger charge is -2.09. The van der Waals surface area contributed by atoms with Crippen molar-refractivity contribution in [2.45, 2.75) is 6.43 Å². The van der Waals surface area contributed by atoms with Gasteiger partial charge in [0.2, 0.25) is 0 Å². The Labute approximate surface area is 79.8 Å². The minimum absolute atomic E-state index is 0.178. The van der Waals surface area contributed by atoms with Gasteiger partial charge >= 0.3 is 0 Å². The molecule has 0 N–H and O–H groups in total. The first kappa shape index (κ1) is 10.6. The molecule has 0 aliphatic heterocycles. The molecule has 0 bridgehead atoms. The fourth-order valence-corrected chi connectivity index (χ4v) is 0.985. The predicted molar refractivity (Wildman–Crippen MR) is 48.0 cm³/mol. The van der Waals surface area contributed by atoms with Gasteiger partial charge in [0.25, 0.3) is 6.43 Å². The number of hydrogen-bond acceptors (Lipinski definition) is 1. The first-order valence-corrected chi connectivity index (χ1v) is 3.97. The van der Waals surface area contributed by atoms with E-state index in [1.165, 1.54) is 18.2 Å². The average Bonchev–Trinajstić information content (AvgIpc) is 2.15. The van der Waals surface area contributed by atoms with Crippen molar-refractivity contribution < 1.29 is 17.9 Å². The molecule has 0 aromatic heterocycles. The number of hydrogen-bond donors (Lipinski definition) is 0. The molecule has 0 radical (unpaired) electrons. The fourth-order valence-electron chi connectivity index (χ4n) is 0.985. The fraction of sp³-hybridized carbons (Fsp3) is 0.200. The van der Waals surface area contributed by atoms with Gasteiger partial charge in [-0.1, -0.05) is 24.8 Å². The first-order valence-electron chi connectivity index (χ1n) is 3.97. The van der Waals surface area contributed by atoms with Crippen LogP contribution in [0.15, 0.2) is 24.8 Å². The van der Waals surface area contributed by atoms with Crippen LogP contribution in [0.3, 0.4) is 0 Å². The van der Waals surface area contributed by atoms with Gasteiger partial charge in [0, 0.05) is 5.56 Å². The Morgan fingerprint density at radius 1 is 1.43 bits per heavy atom. The van der Waals surface area contributed by atoms with E-state index in [-0.39, 0.29) is 5.75 Å². The lowest BCUT2D eigenvalue weighted by Crippen LogP contribution is -2.08. The van der Waals surface area contributed by atoms with Gasteiger partial charge in [-0.05, 0) is 6.07 Å². The molecule has 0 amide bonds. The Morgan fingerprint density at radius 3 is 2.71 bits per heavy atom. The number of ether oxygens (including phenoxy) is 1. The van der Waals surface area contributed by atoms with E-state index < -0.39 is 18.8 Å². The normalized spacial score (nSPS) is 10.3. The summed E-state index contributed by atoms with van der Waals surface area (Å²) in [5.74, 6) is -0.842. The predicted octanol–water partition coefficient (Wildman–Crippen LogP) is 3.11. The van der Waals surface area contributed by atoms with Crippen molar-refractivity contribution in [3.8, 4) is 5.75 Å². The molecule has 0 aliphatic rings. The Balaban J connectivity index is 2.87. The summed E-state index contributed by atoms with van der Waals surface area (Å²) in [5.41, 5.74) is 0.366. The van der Waals surface area contributed by atoms with Crippen molar-refractivity contribution >= 4 is 6.08 Å². The van der Waals surface area contributed by atoms with Gasteiger partial charge < -0.3 is 4.74 Å². The largest absolute Gasteiger partial charge is 0.484 e. The molecule has 1 rings (SSSR count). The van der Waals surface area contributed by atoms with Crippen LogP contribution in [0.1, 0.15) is 5.56 Å². The number of alkyl halides is 2. The van der Waals surface area contributed by atoms with Gasteiger partial charge in [-0.25, -0.2) is 13.2 Å². The van der Waals surface area contributed by atoms with Crippen LogP contribution in [-0.2, 0) is 0 Å². The maximum atomic E-state index is 13.1. The zero-order valence-corrected chi connectivity index (χ0v) is 7.34. The van der Waals surface area contributed by atoms with Crippen molar-refractivity contribution in [3.63, 3.8) is 0 Å². The summed E-state index contributed by atoms with van der Waals surface area (Å²) in [6, 6.07) is 4.15. The van der Waals surface area contributed by atoms with E-state index in [0.717, 1.165) is 6.07 Å². The number of para-hydroxylation sites is 1. The Kier molecular flexibility index (Phi) is 3.56. The molecule has 0 spiro atoms. The SMILES string of the molecule is C=Cc1cccc(F)c1OCC(F)F. The van der Waals surface area contributed by atoms with Crippen LogP contribution in [0, 0.1) is 5.82 Å². The van der Waals surface area contributed by atoms with Crippen molar-refractivity contribution in [1.29, 1.82) is 0 Å². The van der Waals surface area contributed by atoms with Crippen molar-refractivity contribution in [3.05, 3.63) is 36.2 Å². The second-order valence-corrected chi connectivity index (χ2v) is 2.56. The molecule has 0 atom stereocenters. The number of benzene rings is 1. The topological polar surface area (TPSA) is 9.23 Å². The quantitative estimate of drug-likeness (QED) is 0.728. The average molecular weight is 202 g/mol. The molecule has 4 heteroatoms. The molecule has 0 saturated carbocycles. The highest BCUT2D eigenvalue weighted by atomic mass is 19.3. The van der Waals surface area contributed by atoms with Crippen LogP contribution in [0.25, 0.3) is 6.08 Å². The second-order valence-electron chi connectivity index (χ2n) is 2.56. The summed E-state index contributed by atoms with van der Waals surface area (Å²) in [6.45, 7) is 2.61. The van der Waals surface area contributed by atoms with E-state index >= 15 is 0 Å². The van der Waals surface area contributed by atoms with E-state index in [9.17, 15) is 13.2 Å². The van der Waals surface area contributed by atoms with Crippen LogP contribution in [0.4, 0.5) is 13.2 Å². The molecular formula is C10H9F3O. The van der Waals surface area contributed by atoms with Crippen LogP contribution in [0.2, 0.25) is 0 Å². The van der Waals surface area contributed by atoms with Crippen molar-refractivity contribution in [1.82, 2.24) is 0 Å². The van der Waals surface area contributed by atoms with Crippen molar-refractivity contribution in [2.24, 2.45) is 0 Å². The maximum absolute atomic E-state index is 13.1. The number of rotatable bonds is 4. The summed E-state index contributed by atoms with van der Waals surface area (Å²) in [6.07, 6.45) is -1.27. The minimum atomic E-state index is -2.62. The van der Waals surface area contributed by atoms with Gasteiger partial charge in [0.05, 0.1) is 0 Å². The zero-order chi connectivity index (χ0) is 10.6. The zero-order valence-electron chi connectivity index (χ0n) is 7.34. The lowest BCUT2D eigenvalue weighted by atomic mass is 10.2. The van der Waals surface area contributed by atoms with Crippen LogP contribution >= 0.6 is 0 Å². The molecule has 1 aromatic rings. The summed E-state index contributed by atoms with van der Waals surface area (Å²) >= 11 is 0.